The van der Waals surface area contributed by atoms with Gasteiger partial charge in [0, 0.05) is 41.2 Å². The summed E-state index contributed by atoms with van der Waals surface area (Å²) in [7, 11) is 0. The predicted molar refractivity (Wildman–Crippen MR) is 113 cm³/mol. The Bertz CT molecular complexity index is 1180. The molecule has 0 amide bonds. The molecule has 6 heteroatoms. The summed E-state index contributed by atoms with van der Waals surface area (Å²) in [5.41, 5.74) is 3.12. The third-order valence-corrected chi connectivity index (χ3v) is 5.60. The number of fused-ring (bicyclic) bond motifs is 1. The Kier molecular flexibility index (Phi) is 4.96. The minimum absolute atomic E-state index is 0.293. The molecular formula is C22H19FN2O2S. The van der Waals surface area contributed by atoms with E-state index in [0.29, 0.717) is 21.8 Å². The third kappa shape index (κ3) is 3.43. The first-order chi connectivity index (χ1) is 13.6. The molecule has 0 fully saturated rings. The first-order valence-electron chi connectivity index (χ1n) is 9.13. The van der Waals surface area contributed by atoms with Crippen molar-refractivity contribution in [2.45, 2.75) is 13.8 Å². The monoisotopic (exact) mass is 394 g/mol. The van der Waals surface area contributed by atoms with Gasteiger partial charge in [-0.1, -0.05) is 0 Å². The van der Waals surface area contributed by atoms with E-state index in [0.717, 1.165) is 29.7 Å². The molecule has 0 radical (unpaired) electrons. The molecule has 0 saturated heterocycles. The first kappa shape index (κ1) is 18.4. The third-order valence-electron chi connectivity index (χ3n) is 4.72. The average molecular weight is 394 g/mol. The Morgan fingerprint density at radius 1 is 1.07 bits per heavy atom. The van der Waals surface area contributed by atoms with Gasteiger partial charge in [0.1, 0.15) is 16.4 Å². The van der Waals surface area contributed by atoms with E-state index in [1.807, 2.05) is 29.6 Å². The van der Waals surface area contributed by atoms with E-state index in [-0.39, 0.29) is 5.82 Å². The number of thiazole rings is 1. The van der Waals surface area contributed by atoms with Gasteiger partial charge in [-0.2, -0.15) is 0 Å². The summed E-state index contributed by atoms with van der Waals surface area (Å²) in [4.78, 5) is 19.3. The van der Waals surface area contributed by atoms with Crippen LogP contribution in [-0.2, 0) is 0 Å². The minimum atomic E-state index is -0.413. The number of rotatable bonds is 5. The van der Waals surface area contributed by atoms with E-state index in [4.69, 9.17) is 4.42 Å². The van der Waals surface area contributed by atoms with Gasteiger partial charge in [0.2, 0.25) is 0 Å². The number of aromatic nitrogens is 1. The summed E-state index contributed by atoms with van der Waals surface area (Å²) in [6.07, 6.45) is 0. The zero-order chi connectivity index (χ0) is 19.7. The quantitative estimate of drug-likeness (QED) is 0.415. The summed E-state index contributed by atoms with van der Waals surface area (Å²) >= 11 is 1.37. The lowest BCUT2D eigenvalue weighted by Gasteiger charge is -2.20. The summed E-state index contributed by atoms with van der Waals surface area (Å²) in [5, 5.41) is 3.29. The summed E-state index contributed by atoms with van der Waals surface area (Å²) in [6, 6.07) is 13.9. The highest BCUT2D eigenvalue weighted by atomic mass is 32.1. The van der Waals surface area contributed by atoms with Gasteiger partial charge < -0.3 is 9.32 Å². The molecule has 0 aliphatic carbocycles. The van der Waals surface area contributed by atoms with Crippen LogP contribution in [0.25, 0.3) is 32.8 Å². The number of nitrogens with zero attached hydrogens (tertiary/aromatic N) is 2. The van der Waals surface area contributed by atoms with Gasteiger partial charge in [0.05, 0.1) is 11.3 Å². The van der Waals surface area contributed by atoms with Crippen molar-refractivity contribution >= 4 is 28.0 Å². The molecule has 0 aliphatic rings. The van der Waals surface area contributed by atoms with Crippen LogP contribution in [0.1, 0.15) is 13.8 Å². The molecule has 0 bridgehead atoms. The van der Waals surface area contributed by atoms with Crippen molar-refractivity contribution in [1.82, 2.24) is 4.98 Å². The fraction of sp³-hybridized carbons (Fsp3) is 0.182. The van der Waals surface area contributed by atoms with Crippen LogP contribution < -0.4 is 10.5 Å². The highest BCUT2D eigenvalue weighted by molar-refractivity contribution is 7.13. The molecule has 0 atom stereocenters. The Hall–Kier alpha value is -2.99. The maximum absolute atomic E-state index is 13.1. The highest BCUT2D eigenvalue weighted by Gasteiger charge is 2.14. The van der Waals surface area contributed by atoms with Crippen LogP contribution in [0, 0.1) is 5.82 Å². The Morgan fingerprint density at radius 3 is 2.54 bits per heavy atom. The molecule has 142 valence electrons. The number of anilines is 1. The molecule has 28 heavy (non-hydrogen) atoms. The second-order valence-electron chi connectivity index (χ2n) is 6.39. The van der Waals surface area contributed by atoms with E-state index in [1.165, 1.54) is 23.5 Å². The molecule has 2 aromatic heterocycles. The molecule has 0 unspecified atom stereocenters. The second kappa shape index (κ2) is 7.56. The molecule has 4 aromatic rings. The van der Waals surface area contributed by atoms with E-state index in [2.05, 4.69) is 23.7 Å². The molecule has 4 nitrogen and oxygen atoms in total. The lowest BCUT2D eigenvalue weighted by molar-refractivity contribution is 0.563. The minimum Gasteiger partial charge on any atom is -0.422 e. The molecule has 0 N–H and O–H groups in total. The number of hydrogen-bond acceptors (Lipinski definition) is 5. The fourth-order valence-electron chi connectivity index (χ4n) is 3.19. The number of halogens is 1. The molecule has 0 aliphatic heterocycles. The first-order valence-corrected chi connectivity index (χ1v) is 10.0. The second-order valence-corrected chi connectivity index (χ2v) is 7.24. The summed E-state index contributed by atoms with van der Waals surface area (Å²) < 4.78 is 18.7. The van der Waals surface area contributed by atoms with Crippen molar-refractivity contribution in [1.29, 1.82) is 0 Å². The molecule has 0 spiro atoms. The molecule has 0 saturated carbocycles. The van der Waals surface area contributed by atoms with E-state index < -0.39 is 5.63 Å². The molecular weight excluding hydrogens is 375 g/mol. The largest absolute Gasteiger partial charge is 0.422 e. The van der Waals surface area contributed by atoms with Crippen molar-refractivity contribution in [2.24, 2.45) is 0 Å². The smallest absolute Gasteiger partial charge is 0.346 e. The normalized spacial score (nSPS) is 11.1. The molecule has 2 aromatic carbocycles. The molecule has 4 rings (SSSR count). The topological polar surface area (TPSA) is 46.3 Å². The van der Waals surface area contributed by atoms with E-state index >= 15 is 0 Å². The molecule has 2 heterocycles. The van der Waals surface area contributed by atoms with Crippen LogP contribution in [0.3, 0.4) is 0 Å². The van der Waals surface area contributed by atoms with Gasteiger partial charge >= 0.3 is 5.63 Å². The Balaban J connectivity index is 1.73. The highest BCUT2D eigenvalue weighted by Crippen LogP contribution is 2.30. The maximum Gasteiger partial charge on any atom is 0.346 e. The van der Waals surface area contributed by atoms with Crippen LogP contribution in [0.2, 0.25) is 0 Å². The average Bonchev–Trinajstić information content (AvgIpc) is 3.19. The van der Waals surface area contributed by atoms with E-state index in [1.54, 1.807) is 12.1 Å². The standard InChI is InChI=1S/C22H19FN2O2S/c1-3-25(4-2)17-10-7-15-11-18(22(26)27-20(15)12-17)21-24-19(13-28-21)14-5-8-16(23)9-6-14/h5-13H,3-4H2,1-2H3. The summed E-state index contributed by atoms with van der Waals surface area (Å²) in [6.45, 7) is 5.95. The van der Waals surface area contributed by atoms with Gasteiger partial charge in [-0.25, -0.2) is 14.2 Å². The van der Waals surface area contributed by atoms with Crippen molar-refractivity contribution in [2.75, 3.05) is 18.0 Å². The van der Waals surface area contributed by atoms with Crippen LogP contribution in [0.4, 0.5) is 10.1 Å². The van der Waals surface area contributed by atoms with Gasteiger partial charge in [0.15, 0.2) is 0 Å². The summed E-state index contributed by atoms with van der Waals surface area (Å²) in [5.74, 6) is -0.293. The van der Waals surface area contributed by atoms with Crippen LogP contribution in [0.15, 0.2) is 63.1 Å². The van der Waals surface area contributed by atoms with Crippen LogP contribution in [0.5, 0.6) is 0 Å². The zero-order valence-corrected chi connectivity index (χ0v) is 16.4. The van der Waals surface area contributed by atoms with Gasteiger partial charge in [-0.3, -0.25) is 0 Å². The van der Waals surface area contributed by atoms with Gasteiger partial charge in [-0.05, 0) is 56.3 Å². The van der Waals surface area contributed by atoms with Crippen molar-refractivity contribution in [3.8, 4) is 21.8 Å². The van der Waals surface area contributed by atoms with Crippen LogP contribution >= 0.6 is 11.3 Å². The van der Waals surface area contributed by atoms with E-state index in [9.17, 15) is 9.18 Å². The van der Waals surface area contributed by atoms with Crippen molar-refractivity contribution in [3.05, 3.63) is 70.1 Å². The van der Waals surface area contributed by atoms with Crippen molar-refractivity contribution in [3.63, 3.8) is 0 Å². The Labute approximate surface area is 165 Å². The maximum atomic E-state index is 13.1. The fourth-order valence-corrected chi connectivity index (χ4v) is 4.02. The Morgan fingerprint density at radius 2 is 1.82 bits per heavy atom. The lowest BCUT2D eigenvalue weighted by atomic mass is 10.1. The van der Waals surface area contributed by atoms with Gasteiger partial charge in [0.25, 0.3) is 0 Å². The number of hydrogen-bond donors (Lipinski definition) is 0. The van der Waals surface area contributed by atoms with Crippen LogP contribution in [-0.4, -0.2) is 18.1 Å². The lowest BCUT2D eigenvalue weighted by Crippen LogP contribution is -2.21. The predicted octanol–water partition coefficient (Wildman–Crippen LogP) is 5.57. The zero-order valence-electron chi connectivity index (χ0n) is 15.6. The number of benzene rings is 2. The SMILES string of the molecule is CCN(CC)c1ccc2cc(-c3nc(-c4ccc(F)cc4)cs3)c(=O)oc2c1. The van der Waals surface area contributed by atoms with Gasteiger partial charge in [-0.15, -0.1) is 11.3 Å². The van der Waals surface area contributed by atoms with Crippen molar-refractivity contribution < 1.29 is 8.81 Å².